The third-order valence-electron chi connectivity index (χ3n) is 8.65. The fraction of sp³-hybridized carbons (Fsp3) is 0.698. The van der Waals surface area contributed by atoms with E-state index in [1.54, 1.807) is 25.1 Å². The van der Waals surface area contributed by atoms with Crippen molar-refractivity contribution in [3.63, 3.8) is 0 Å². The summed E-state index contributed by atoms with van der Waals surface area (Å²) in [4.78, 5) is 2.24. The van der Waals surface area contributed by atoms with Crippen LogP contribution in [0.25, 0.3) is 0 Å². The van der Waals surface area contributed by atoms with E-state index >= 15 is 0 Å². The number of nitriles is 1. The lowest BCUT2D eigenvalue weighted by molar-refractivity contribution is 0.0341. The molecule has 0 atom stereocenters. The minimum Gasteiger partial charge on any atom is -0.395 e. The van der Waals surface area contributed by atoms with Crippen LogP contribution in [0.5, 0.6) is 0 Å². The Hall–Kier alpha value is -2.37. The number of nitrogens with zero attached hydrogens (tertiary/aromatic N) is 4. The highest BCUT2D eigenvalue weighted by atomic mass is 32.2. The molecule has 0 aliphatic carbocycles. The summed E-state index contributed by atoms with van der Waals surface area (Å²) in [5.74, 6) is 0.633. The van der Waals surface area contributed by atoms with Crippen molar-refractivity contribution < 1.29 is 26.7 Å². The standard InChI is InChI=1S/C13H20.C11H24N2O3S.C11H13N.C7H17NO3S.CH4/c1-10(2)11-6-8-12(9-7-11)13(3,4)5;1-11(2,3)13(17(4,14)15)6-5-12-7-9-16-10-8-12;1-11(2,3)10-6-4-9(8-12)5-7-10;1-7(2,3)8(5-6-9)12(4,10)11;/h6-10H,1-5H3;5-10H2,1-4H3;4-7H,1-3H3;9H,5-6H2,1-4H3;1H4. The Morgan fingerprint density at radius 3 is 1.35 bits per heavy atom. The Morgan fingerprint density at radius 2 is 1.07 bits per heavy atom. The topological polar surface area (TPSA) is 131 Å². The number of sulfonamides is 2. The number of rotatable bonds is 8. The summed E-state index contributed by atoms with van der Waals surface area (Å²) in [7, 11) is -6.36. The molecule has 1 aliphatic rings. The van der Waals surface area contributed by atoms with Gasteiger partial charge < -0.3 is 9.84 Å². The third-order valence-corrected chi connectivity index (χ3v) is 11.7. The van der Waals surface area contributed by atoms with E-state index < -0.39 is 25.6 Å². The van der Waals surface area contributed by atoms with Crippen molar-refractivity contribution in [3.05, 3.63) is 70.8 Å². The maximum atomic E-state index is 11.7. The van der Waals surface area contributed by atoms with Gasteiger partial charge in [0.1, 0.15) is 0 Å². The van der Waals surface area contributed by atoms with E-state index in [4.69, 9.17) is 15.1 Å². The monoisotopic (exact) mass is 811 g/mol. The van der Waals surface area contributed by atoms with E-state index in [9.17, 15) is 16.8 Å². The normalized spacial score (nSPS) is 14.4. The Balaban J connectivity index is 0. The molecule has 1 fully saturated rings. The fourth-order valence-electron chi connectivity index (χ4n) is 5.56. The molecule has 0 bridgehead atoms. The lowest BCUT2D eigenvalue weighted by Gasteiger charge is -2.35. The van der Waals surface area contributed by atoms with E-state index in [0.717, 1.165) is 44.7 Å². The molecule has 0 unspecified atom stereocenters. The van der Waals surface area contributed by atoms with Crippen LogP contribution in [-0.2, 0) is 35.6 Å². The molecule has 0 aromatic heterocycles. The van der Waals surface area contributed by atoms with Crippen LogP contribution in [-0.4, -0.2) is 112 Å². The molecule has 0 spiro atoms. The molecule has 1 aliphatic heterocycles. The second kappa shape index (κ2) is 23.1. The molecule has 1 N–H and O–H groups in total. The first-order valence-corrected chi connectivity index (χ1v) is 22.5. The molecule has 10 nitrogen and oxygen atoms in total. The van der Waals surface area contributed by atoms with Crippen molar-refractivity contribution in [1.29, 1.82) is 5.26 Å². The fourth-order valence-corrected chi connectivity index (χ4v) is 8.37. The van der Waals surface area contributed by atoms with Crippen molar-refractivity contribution >= 4 is 20.0 Å². The van der Waals surface area contributed by atoms with Crippen LogP contribution in [0.3, 0.4) is 0 Å². The molecule has 318 valence electrons. The molecule has 0 amide bonds. The van der Waals surface area contributed by atoms with Gasteiger partial charge in [-0.1, -0.05) is 99.2 Å². The lowest BCUT2D eigenvalue weighted by Crippen LogP contribution is -2.49. The molecule has 12 heteroatoms. The molecular formula is C43H78N4O6S2. The minimum atomic E-state index is -3.21. The number of hydrogen-bond acceptors (Lipinski definition) is 8. The van der Waals surface area contributed by atoms with Crippen LogP contribution in [0.4, 0.5) is 0 Å². The molecule has 2 aromatic carbocycles. The minimum absolute atomic E-state index is 0. The molecular weight excluding hydrogens is 733 g/mol. The van der Waals surface area contributed by atoms with Gasteiger partial charge in [-0.25, -0.2) is 16.8 Å². The van der Waals surface area contributed by atoms with Crippen LogP contribution < -0.4 is 0 Å². The van der Waals surface area contributed by atoms with Crippen LogP contribution >= 0.6 is 0 Å². The average molecular weight is 811 g/mol. The van der Waals surface area contributed by atoms with Gasteiger partial charge in [0, 0.05) is 43.8 Å². The van der Waals surface area contributed by atoms with Gasteiger partial charge in [0.05, 0.1) is 44.0 Å². The Morgan fingerprint density at radius 1 is 0.709 bits per heavy atom. The van der Waals surface area contributed by atoms with Gasteiger partial charge in [0.15, 0.2) is 0 Å². The molecule has 3 rings (SSSR count). The second-order valence-corrected chi connectivity index (χ2v) is 22.0. The van der Waals surface area contributed by atoms with Gasteiger partial charge in [0.25, 0.3) is 0 Å². The highest BCUT2D eigenvalue weighted by Gasteiger charge is 2.30. The molecule has 2 aromatic rings. The van der Waals surface area contributed by atoms with E-state index in [2.05, 4.69) is 90.6 Å². The van der Waals surface area contributed by atoms with Gasteiger partial charge in [0.2, 0.25) is 20.0 Å². The number of benzene rings is 2. The highest BCUT2D eigenvalue weighted by Crippen LogP contribution is 2.24. The van der Waals surface area contributed by atoms with E-state index in [0.29, 0.717) is 12.5 Å². The Labute approximate surface area is 338 Å². The number of aliphatic hydroxyl groups is 1. The van der Waals surface area contributed by atoms with Crippen molar-refractivity contribution in [2.24, 2.45) is 0 Å². The first-order valence-electron chi connectivity index (χ1n) is 18.8. The summed E-state index contributed by atoms with van der Waals surface area (Å²) in [6.45, 7) is 33.4. The van der Waals surface area contributed by atoms with Crippen LogP contribution in [0, 0.1) is 11.3 Å². The summed E-state index contributed by atoms with van der Waals surface area (Å²) in [6, 6.07) is 18.8. The molecule has 0 saturated carbocycles. The Kier molecular flexibility index (Phi) is 23.0. The van der Waals surface area contributed by atoms with E-state index in [1.165, 1.54) is 27.3 Å². The predicted molar refractivity (Wildman–Crippen MR) is 233 cm³/mol. The SMILES string of the molecule is C.CC(C)(C)N(CCN1CCOCC1)S(C)(=O)=O.CC(C)(C)N(CCO)S(C)(=O)=O.CC(C)(C)c1ccc(C#N)cc1.CC(C)c1ccc(C(C)(C)C)cc1. The second-order valence-electron chi connectivity index (χ2n) is 18.2. The largest absolute Gasteiger partial charge is 0.395 e. The average Bonchev–Trinajstić information content (AvgIpc) is 3.02. The van der Waals surface area contributed by atoms with Crippen LogP contribution in [0.2, 0.25) is 0 Å². The molecule has 55 heavy (non-hydrogen) atoms. The number of aliphatic hydroxyl groups excluding tert-OH is 1. The predicted octanol–water partition coefficient (Wildman–Crippen LogP) is 8.02. The zero-order chi connectivity index (χ0) is 42.3. The van der Waals surface area contributed by atoms with Gasteiger partial charge >= 0.3 is 0 Å². The molecule has 1 saturated heterocycles. The maximum absolute atomic E-state index is 11.7. The van der Waals surface area contributed by atoms with Crippen LogP contribution in [0.1, 0.15) is 133 Å². The summed E-state index contributed by atoms with van der Waals surface area (Å²) in [5.41, 5.74) is 4.45. The van der Waals surface area contributed by atoms with E-state index in [-0.39, 0.29) is 36.9 Å². The van der Waals surface area contributed by atoms with E-state index in [1.807, 2.05) is 45.0 Å². The zero-order valence-corrected chi connectivity index (χ0v) is 38.1. The molecule has 0 radical (unpaired) electrons. The lowest BCUT2D eigenvalue weighted by atomic mass is 9.86. The van der Waals surface area contributed by atoms with Crippen LogP contribution in [0.15, 0.2) is 48.5 Å². The number of ether oxygens (including phenoxy) is 1. The quantitative estimate of drug-likeness (QED) is 0.284. The maximum Gasteiger partial charge on any atom is 0.211 e. The number of β-amino-alcohol motifs (C(OH)–C–C–N with tert-alkyl or cyclic N) is 1. The van der Waals surface area contributed by atoms with Gasteiger partial charge in [-0.2, -0.15) is 13.9 Å². The van der Waals surface area contributed by atoms with Gasteiger partial charge in [-0.3, -0.25) is 4.90 Å². The van der Waals surface area contributed by atoms with Crippen molar-refractivity contribution in [2.75, 3.05) is 65.1 Å². The van der Waals surface area contributed by atoms with Crippen molar-refractivity contribution in [1.82, 2.24) is 13.5 Å². The summed E-state index contributed by atoms with van der Waals surface area (Å²) in [6.07, 6.45) is 2.42. The van der Waals surface area contributed by atoms with Gasteiger partial charge in [-0.05, 0) is 87.1 Å². The highest BCUT2D eigenvalue weighted by molar-refractivity contribution is 7.88. The number of morpholine rings is 1. The smallest absolute Gasteiger partial charge is 0.211 e. The summed E-state index contributed by atoms with van der Waals surface area (Å²) in [5, 5.41) is 17.2. The first-order chi connectivity index (χ1) is 24.3. The summed E-state index contributed by atoms with van der Waals surface area (Å²) < 4.78 is 53.9. The summed E-state index contributed by atoms with van der Waals surface area (Å²) >= 11 is 0. The van der Waals surface area contributed by atoms with Crippen molar-refractivity contribution in [3.8, 4) is 6.07 Å². The number of hydrogen-bond donors (Lipinski definition) is 1. The third kappa shape index (κ3) is 22.2. The zero-order valence-electron chi connectivity index (χ0n) is 36.4. The van der Waals surface area contributed by atoms with Crippen molar-refractivity contribution in [2.45, 2.75) is 132 Å². The first kappa shape index (κ1) is 54.7. The molecule has 1 heterocycles. The van der Waals surface area contributed by atoms with Gasteiger partial charge in [-0.15, -0.1) is 0 Å². The Bertz CT molecular complexity index is 1620.